The van der Waals surface area contributed by atoms with Crippen molar-refractivity contribution in [2.75, 3.05) is 4.90 Å². The Labute approximate surface area is 386 Å². The molecule has 4 aliphatic rings. The van der Waals surface area contributed by atoms with Crippen LogP contribution in [0.4, 0.5) is 17.1 Å². The van der Waals surface area contributed by atoms with Crippen LogP contribution in [0.25, 0.3) is 67.2 Å². The topological polar surface area (TPSA) is 8.17 Å². The van der Waals surface area contributed by atoms with Gasteiger partial charge in [0.15, 0.2) is 0 Å². The molecular formula is C64H46N2. The first-order valence-corrected chi connectivity index (χ1v) is 23.5. The van der Waals surface area contributed by atoms with E-state index >= 15 is 0 Å². The number of aryl methyl sites for hydroxylation is 1. The molecule has 0 unspecified atom stereocenters. The van der Waals surface area contributed by atoms with Crippen LogP contribution in [0.5, 0.6) is 0 Å². The summed E-state index contributed by atoms with van der Waals surface area (Å²) in [7, 11) is 0. The van der Waals surface area contributed by atoms with Gasteiger partial charge in [0.1, 0.15) is 0 Å². The number of fused-ring (bicyclic) bond motifs is 16. The van der Waals surface area contributed by atoms with Crippen molar-refractivity contribution in [3.8, 4) is 50.2 Å². The third-order valence-corrected chi connectivity index (χ3v) is 15.5. The molecule has 1 spiro atoms. The molecule has 0 radical (unpaired) electrons. The molecule has 2 nitrogen and oxygen atoms in total. The number of aromatic nitrogens is 1. The molecule has 1 aromatic heterocycles. The quantitative estimate of drug-likeness (QED) is 0.168. The second kappa shape index (κ2) is 13.8. The largest absolute Gasteiger partial charge is 0.310 e. The van der Waals surface area contributed by atoms with Gasteiger partial charge in [0.25, 0.3) is 0 Å². The van der Waals surface area contributed by atoms with Crippen molar-refractivity contribution < 1.29 is 0 Å². The molecule has 4 aliphatic carbocycles. The van der Waals surface area contributed by atoms with E-state index < -0.39 is 0 Å². The summed E-state index contributed by atoms with van der Waals surface area (Å²) in [6, 6.07) is 77.7. The smallest absolute Gasteiger partial charge is 0.0725 e. The minimum absolute atomic E-state index is 0.126. The fourth-order valence-electron chi connectivity index (χ4n) is 12.6. The molecule has 0 atom stereocenters. The number of allylic oxidation sites excluding steroid dienone is 1. The van der Waals surface area contributed by atoms with E-state index in [0.717, 1.165) is 29.9 Å². The summed E-state index contributed by atoms with van der Waals surface area (Å²) in [5.41, 5.74) is 26.6. The molecule has 0 amide bonds. The molecular weight excluding hydrogens is 797 g/mol. The Morgan fingerprint density at radius 2 is 0.924 bits per heavy atom. The average molecular weight is 843 g/mol. The van der Waals surface area contributed by atoms with Gasteiger partial charge in [0, 0.05) is 39.2 Å². The third-order valence-electron chi connectivity index (χ3n) is 15.5. The summed E-state index contributed by atoms with van der Waals surface area (Å²) in [6.07, 6.45) is 6.80. The van der Waals surface area contributed by atoms with Crippen LogP contribution in [0, 0.1) is 0 Å². The molecule has 0 aliphatic heterocycles. The van der Waals surface area contributed by atoms with Crippen molar-refractivity contribution in [1.29, 1.82) is 0 Å². The number of nitrogens with zero attached hydrogens (tertiary/aromatic N) is 2. The normalized spacial score (nSPS) is 14.9. The van der Waals surface area contributed by atoms with E-state index in [1.165, 1.54) is 106 Å². The van der Waals surface area contributed by atoms with Crippen molar-refractivity contribution in [3.63, 3.8) is 0 Å². The van der Waals surface area contributed by atoms with E-state index in [-0.39, 0.29) is 10.8 Å². The van der Waals surface area contributed by atoms with Gasteiger partial charge in [-0.2, -0.15) is 0 Å². The van der Waals surface area contributed by atoms with Gasteiger partial charge in [0.05, 0.1) is 10.9 Å². The van der Waals surface area contributed by atoms with E-state index in [1.807, 2.05) is 0 Å². The molecule has 14 rings (SSSR count). The SMILES string of the molecule is CC1(C)c2ccccc2-c2ccc(N(c3ccc(-c4ccc(-n5c6c(c7ccccc75)CCC=C6)cc4)cc3)c3ccc4c(c3)-c3ccccc3C43c4ccccc4-c4ccccc43)cc21. The van der Waals surface area contributed by atoms with Crippen molar-refractivity contribution in [2.45, 2.75) is 37.5 Å². The van der Waals surface area contributed by atoms with E-state index in [9.17, 15) is 0 Å². The highest BCUT2D eigenvalue weighted by atomic mass is 15.1. The van der Waals surface area contributed by atoms with Gasteiger partial charge >= 0.3 is 0 Å². The maximum atomic E-state index is 2.48. The van der Waals surface area contributed by atoms with Gasteiger partial charge in [-0.3, -0.25) is 0 Å². The van der Waals surface area contributed by atoms with Crippen LogP contribution < -0.4 is 4.90 Å². The third kappa shape index (κ3) is 5.02. The summed E-state index contributed by atoms with van der Waals surface area (Å²) in [5.74, 6) is 0. The maximum absolute atomic E-state index is 2.48. The average Bonchev–Trinajstić information content (AvgIpc) is 4.05. The molecule has 0 bridgehead atoms. The number of hydrogen-bond donors (Lipinski definition) is 0. The predicted octanol–water partition coefficient (Wildman–Crippen LogP) is 16.4. The van der Waals surface area contributed by atoms with Crippen LogP contribution in [0.15, 0.2) is 212 Å². The Morgan fingerprint density at radius 3 is 1.61 bits per heavy atom. The van der Waals surface area contributed by atoms with Gasteiger partial charge in [0.2, 0.25) is 0 Å². The highest BCUT2D eigenvalue weighted by Crippen LogP contribution is 2.63. The lowest BCUT2D eigenvalue weighted by molar-refractivity contribution is 0.660. The second-order valence-corrected chi connectivity index (χ2v) is 19.1. The summed E-state index contributed by atoms with van der Waals surface area (Å²) in [4.78, 5) is 2.48. The van der Waals surface area contributed by atoms with E-state index in [0.29, 0.717) is 0 Å². The Morgan fingerprint density at radius 1 is 0.424 bits per heavy atom. The van der Waals surface area contributed by atoms with Crippen LogP contribution in [0.3, 0.4) is 0 Å². The van der Waals surface area contributed by atoms with Gasteiger partial charge in [-0.1, -0.05) is 172 Å². The first-order valence-electron chi connectivity index (χ1n) is 23.5. The molecule has 0 saturated heterocycles. The fourth-order valence-corrected chi connectivity index (χ4v) is 12.6. The van der Waals surface area contributed by atoms with Gasteiger partial charge in [-0.15, -0.1) is 0 Å². The minimum atomic E-state index is -0.381. The van der Waals surface area contributed by atoms with Gasteiger partial charge in [-0.05, 0) is 157 Å². The Hall–Kier alpha value is -7.94. The molecule has 9 aromatic carbocycles. The van der Waals surface area contributed by atoms with Crippen LogP contribution in [0.2, 0.25) is 0 Å². The molecule has 66 heavy (non-hydrogen) atoms. The Bertz CT molecular complexity index is 3630. The molecule has 10 aromatic rings. The molecule has 0 fully saturated rings. The summed E-state index contributed by atoms with van der Waals surface area (Å²) < 4.78 is 2.43. The zero-order valence-corrected chi connectivity index (χ0v) is 37.1. The van der Waals surface area contributed by atoms with Crippen LogP contribution in [0.1, 0.15) is 64.9 Å². The zero-order chi connectivity index (χ0) is 43.7. The lowest BCUT2D eigenvalue weighted by atomic mass is 9.70. The molecule has 2 heteroatoms. The molecule has 312 valence electrons. The number of hydrogen-bond acceptors (Lipinski definition) is 1. The standard InChI is InChI=1S/C64H46N2/c1-63(2)55-21-9-3-15-47(55)51-37-35-46(40-60(51)63)65(43-31-27-41(28-32-43)42-29-33-44(34-30-42)66-61-25-13-7-19-52(61)53-20-8-14-26-62(53)66)45-36-38-59-54(39-45)50-18-6-12-24-58(50)64(59)56-22-10-4-16-48(56)49-17-5-11-23-57(49)64/h3-7,9-19,21-40H,8,20H2,1-2H3. The molecule has 1 heterocycles. The highest BCUT2D eigenvalue weighted by molar-refractivity contribution is 5.97. The first-order chi connectivity index (χ1) is 32.5. The van der Waals surface area contributed by atoms with Gasteiger partial charge < -0.3 is 9.47 Å². The predicted molar refractivity (Wildman–Crippen MR) is 275 cm³/mol. The van der Waals surface area contributed by atoms with Crippen molar-refractivity contribution in [2.24, 2.45) is 0 Å². The Kier molecular flexibility index (Phi) is 7.82. The van der Waals surface area contributed by atoms with Crippen molar-refractivity contribution >= 4 is 34.0 Å². The lowest BCUT2D eigenvalue weighted by Crippen LogP contribution is -2.25. The van der Waals surface area contributed by atoms with Crippen LogP contribution in [-0.2, 0) is 17.3 Å². The number of benzene rings is 9. The summed E-state index contributed by atoms with van der Waals surface area (Å²) >= 11 is 0. The van der Waals surface area contributed by atoms with Crippen molar-refractivity contribution in [3.05, 3.63) is 257 Å². The fraction of sp³-hybridized carbons (Fsp3) is 0.0938. The van der Waals surface area contributed by atoms with E-state index in [1.54, 1.807) is 0 Å². The Balaban J connectivity index is 0.905. The first kappa shape index (κ1) is 37.4. The molecule has 0 saturated carbocycles. The summed E-state index contributed by atoms with van der Waals surface area (Å²) in [5, 5.41) is 1.36. The molecule has 0 N–H and O–H groups in total. The lowest BCUT2D eigenvalue weighted by Gasteiger charge is -2.31. The highest BCUT2D eigenvalue weighted by Gasteiger charge is 2.51. The van der Waals surface area contributed by atoms with Crippen LogP contribution >= 0.6 is 0 Å². The van der Waals surface area contributed by atoms with Crippen molar-refractivity contribution in [1.82, 2.24) is 4.57 Å². The van der Waals surface area contributed by atoms with E-state index in [2.05, 4.69) is 242 Å². The van der Waals surface area contributed by atoms with Crippen LogP contribution in [-0.4, -0.2) is 4.57 Å². The number of para-hydroxylation sites is 1. The zero-order valence-electron chi connectivity index (χ0n) is 37.1. The second-order valence-electron chi connectivity index (χ2n) is 19.1. The number of rotatable bonds is 5. The monoisotopic (exact) mass is 842 g/mol. The number of anilines is 3. The maximum Gasteiger partial charge on any atom is 0.0725 e. The van der Waals surface area contributed by atoms with Gasteiger partial charge in [-0.25, -0.2) is 0 Å². The summed E-state index contributed by atoms with van der Waals surface area (Å²) in [6.45, 7) is 4.75. The van der Waals surface area contributed by atoms with E-state index in [4.69, 9.17) is 0 Å². The minimum Gasteiger partial charge on any atom is -0.310 e.